The van der Waals surface area contributed by atoms with Gasteiger partial charge < -0.3 is 9.08 Å². The van der Waals surface area contributed by atoms with E-state index in [0.717, 1.165) is 6.26 Å². The largest absolute Gasteiger partial charge is 0.379 e. The molecule has 6 nitrogen and oxygen atoms in total. The Morgan fingerprint density at radius 1 is 1.44 bits per heavy atom. The van der Waals surface area contributed by atoms with Crippen LogP contribution in [0.5, 0.6) is 5.75 Å². The Hall–Kier alpha value is -1.81. The van der Waals surface area contributed by atoms with E-state index in [1.165, 1.54) is 6.07 Å². The average Bonchev–Trinajstić information content (AvgIpc) is 2.15. The summed E-state index contributed by atoms with van der Waals surface area (Å²) in [6, 6.07) is 4.76. The van der Waals surface area contributed by atoms with E-state index in [9.17, 15) is 8.42 Å². The van der Waals surface area contributed by atoms with Crippen LogP contribution in [0, 0.1) is 11.3 Å². The van der Waals surface area contributed by atoms with E-state index < -0.39 is 10.1 Å². The molecule has 7 heteroatoms. The summed E-state index contributed by atoms with van der Waals surface area (Å²) >= 11 is 0. The molecule has 1 aromatic rings. The van der Waals surface area contributed by atoms with Crippen molar-refractivity contribution in [2.24, 2.45) is 0 Å². The summed E-state index contributed by atoms with van der Waals surface area (Å²) < 4.78 is 26.5. The molecule has 0 N–H and O–H groups in total. The van der Waals surface area contributed by atoms with Crippen LogP contribution < -0.4 is 9.08 Å². The maximum Gasteiger partial charge on any atom is 0.306 e. The van der Waals surface area contributed by atoms with E-state index in [1.807, 2.05) is 0 Å². The van der Waals surface area contributed by atoms with Crippen LogP contribution in [-0.4, -0.2) is 33.8 Å². The molecule has 0 aliphatic heterocycles. The van der Waals surface area contributed by atoms with Crippen molar-refractivity contribution < 1.29 is 12.6 Å². The lowest BCUT2D eigenvalue weighted by molar-refractivity contribution is 0.491. The third kappa shape index (κ3) is 3.10. The second kappa shape index (κ2) is 4.37. The van der Waals surface area contributed by atoms with Gasteiger partial charge >= 0.3 is 10.1 Å². The second-order valence-corrected chi connectivity index (χ2v) is 4.88. The lowest BCUT2D eigenvalue weighted by atomic mass is 10.3. The quantitative estimate of drug-likeness (QED) is 0.710. The van der Waals surface area contributed by atoms with Crippen molar-refractivity contribution in [2.45, 2.75) is 0 Å². The highest BCUT2D eigenvalue weighted by Crippen LogP contribution is 2.20. The van der Waals surface area contributed by atoms with Crippen LogP contribution in [0.25, 0.3) is 0 Å². The fourth-order valence-electron chi connectivity index (χ4n) is 0.996. The molecule has 1 aromatic heterocycles. The summed E-state index contributed by atoms with van der Waals surface area (Å²) in [5, 5.41) is 8.82. The lowest BCUT2D eigenvalue weighted by Gasteiger charge is -2.12. The third-order valence-corrected chi connectivity index (χ3v) is 2.13. The Kier molecular flexibility index (Phi) is 3.34. The van der Waals surface area contributed by atoms with E-state index in [-0.39, 0.29) is 11.4 Å². The zero-order valence-electron chi connectivity index (χ0n) is 9.13. The zero-order valence-corrected chi connectivity index (χ0v) is 9.95. The van der Waals surface area contributed by atoms with E-state index in [0.29, 0.717) is 5.82 Å². The van der Waals surface area contributed by atoms with Crippen molar-refractivity contribution in [2.75, 3.05) is 25.3 Å². The van der Waals surface area contributed by atoms with Gasteiger partial charge in [0.2, 0.25) is 0 Å². The van der Waals surface area contributed by atoms with Crippen molar-refractivity contribution in [1.29, 1.82) is 5.26 Å². The fourth-order valence-corrected chi connectivity index (χ4v) is 1.46. The standard InChI is InChI=1S/C9H11N3O3S/c1-12(2)9-5-4-8(7(6-10)11-9)15-16(3,13)14/h4-5H,1-3H3. The van der Waals surface area contributed by atoms with Crippen LogP contribution in [0.3, 0.4) is 0 Å². The molecule has 1 heterocycles. The summed E-state index contributed by atoms with van der Waals surface area (Å²) in [5.74, 6) is 0.494. The predicted molar refractivity (Wildman–Crippen MR) is 58.8 cm³/mol. The molecular weight excluding hydrogens is 230 g/mol. The van der Waals surface area contributed by atoms with Gasteiger partial charge in [0.15, 0.2) is 11.4 Å². The SMILES string of the molecule is CN(C)c1ccc(OS(C)(=O)=O)c(C#N)n1. The number of rotatable bonds is 3. The van der Waals surface area contributed by atoms with E-state index in [4.69, 9.17) is 5.26 Å². The maximum atomic E-state index is 10.9. The number of pyridine rings is 1. The number of nitrogens with zero attached hydrogens (tertiary/aromatic N) is 3. The van der Waals surface area contributed by atoms with Crippen LogP contribution in [0.2, 0.25) is 0 Å². The van der Waals surface area contributed by atoms with Gasteiger partial charge in [-0.1, -0.05) is 0 Å². The monoisotopic (exact) mass is 241 g/mol. The molecule has 0 aromatic carbocycles. The Balaban J connectivity index is 3.19. The van der Waals surface area contributed by atoms with Crippen molar-refractivity contribution in [3.63, 3.8) is 0 Å². The van der Waals surface area contributed by atoms with Crippen molar-refractivity contribution in [1.82, 2.24) is 4.98 Å². The Bertz CT molecular complexity index is 531. The Morgan fingerprint density at radius 2 is 2.06 bits per heavy atom. The molecule has 0 fully saturated rings. The van der Waals surface area contributed by atoms with E-state index in [2.05, 4.69) is 9.17 Å². The van der Waals surface area contributed by atoms with Gasteiger partial charge in [-0.25, -0.2) is 4.98 Å². The van der Waals surface area contributed by atoms with Crippen LogP contribution in [0.15, 0.2) is 12.1 Å². The molecule has 16 heavy (non-hydrogen) atoms. The molecule has 0 unspecified atom stereocenters. The number of aromatic nitrogens is 1. The summed E-state index contributed by atoms with van der Waals surface area (Å²) in [6.45, 7) is 0. The van der Waals surface area contributed by atoms with Crippen molar-refractivity contribution in [3.05, 3.63) is 17.8 Å². The number of anilines is 1. The highest BCUT2D eigenvalue weighted by molar-refractivity contribution is 7.86. The molecule has 0 saturated carbocycles. The van der Waals surface area contributed by atoms with Gasteiger partial charge in [0.1, 0.15) is 11.9 Å². The molecule has 0 amide bonds. The minimum absolute atomic E-state index is 0.0587. The summed E-state index contributed by atoms with van der Waals surface area (Å²) in [4.78, 5) is 5.65. The summed E-state index contributed by atoms with van der Waals surface area (Å²) in [5.41, 5.74) is -0.0587. The van der Waals surface area contributed by atoms with Gasteiger partial charge in [-0.15, -0.1) is 0 Å². The van der Waals surface area contributed by atoms with Gasteiger partial charge in [0.05, 0.1) is 6.26 Å². The highest BCUT2D eigenvalue weighted by atomic mass is 32.2. The van der Waals surface area contributed by atoms with Gasteiger partial charge in [0.25, 0.3) is 0 Å². The minimum atomic E-state index is -3.65. The maximum absolute atomic E-state index is 10.9. The first-order valence-electron chi connectivity index (χ1n) is 4.31. The van der Waals surface area contributed by atoms with Crippen LogP contribution in [0.1, 0.15) is 5.69 Å². The van der Waals surface area contributed by atoms with Crippen LogP contribution in [0.4, 0.5) is 5.82 Å². The molecule has 0 radical (unpaired) electrons. The lowest BCUT2D eigenvalue weighted by Crippen LogP contribution is -2.12. The summed E-state index contributed by atoms with van der Waals surface area (Å²) in [7, 11) is -0.119. The van der Waals surface area contributed by atoms with Gasteiger partial charge in [0, 0.05) is 14.1 Å². The summed E-state index contributed by atoms with van der Waals surface area (Å²) in [6.07, 6.45) is 0.911. The second-order valence-electron chi connectivity index (χ2n) is 3.31. The Labute approximate surface area is 94.2 Å². The molecule has 86 valence electrons. The van der Waals surface area contributed by atoms with Gasteiger partial charge in [-0.3, -0.25) is 0 Å². The normalized spacial score (nSPS) is 10.6. The molecule has 0 aliphatic rings. The number of hydrogen-bond donors (Lipinski definition) is 0. The van der Waals surface area contributed by atoms with Gasteiger partial charge in [-0.05, 0) is 12.1 Å². The van der Waals surface area contributed by atoms with Crippen LogP contribution >= 0.6 is 0 Å². The first-order chi connectivity index (χ1) is 7.33. The topological polar surface area (TPSA) is 83.3 Å². The predicted octanol–water partition coefficient (Wildman–Crippen LogP) is 0.358. The number of nitriles is 1. The van der Waals surface area contributed by atoms with Gasteiger partial charge in [-0.2, -0.15) is 13.7 Å². The molecule has 0 aliphatic carbocycles. The van der Waals surface area contributed by atoms with Crippen LogP contribution in [-0.2, 0) is 10.1 Å². The first-order valence-corrected chi connectivity index (χ1v) is 6.13. The molecule has 0 bridgehead atoms. The minimum Gasteiger partial charge on any atom is -0.379 e. The highest BCUT2D eigenvalue weighted by Gasteiger charge is 2.12. The first kappa shape index (κ1) is 12.3. The molecule has 0 saturated heterocycles. The average molecular weight is 241 g/mol. The molecular formula is C9H11N3O3S. The van der Waals surface area contributed by atoms with E-state index >= 15 is 0 Å². The van der Waals surface area contributed by atoms with Crippen molar-refractivity contribution in [3.8, 4) is 11.8 Å². The zero-order chi connectivity index (χ0) is 12.3. The van der Waals surface area contributed by atoms with E-state index in [1.54, 1.807) is 31.1 Å². The molecule has 0 spiro atoms. The smallest absolute Gasteiger partial charge is 0.306 e. The third-order valence-electron chi connectivity index (χ3n) is 1.65. The number of hydrogen-bond acceptors (Lipinski definition) is 6. The molecule has 1 rings (SSSR count). The fraction of sp³-hybridized carbons (Fsp3) is 0.333. The van der Waals surface area contributed by atoms with Crippen molar-refractivity contribution >= 4 is 15.9 Å². The Morgan fingerprint density at radius 3 is 2.50 bits per heavy atom. The molecule has 0 atom stereocenters.